The van der Waals surface area contributed by atoms with Crippen molar-refractivity contribution in [2.45, 2.75) is 18.9 Å². The van der Waals surface area contributed by atoms with Gasteiger partial charge in [-0.05, 0) is 48.0 Å². The average Bonchev–Trinajstić information content (AvgIpc) is 2.54. The smallest absolute Gasteiger partial charge is 0.123 e. The molecular weight excluding hydrogens is 265 g/mol. The van der Waals surface area contributed by atoms with E-state index in [1.807, 2.05) is 0 Å². The average molecular weight is 277 g/mol. The molecule has 2 rings (SSSR count). The van der Waals surface area contributed by atoms with Gasteiger partial charge in [0, 0.05) is 12.7 Å². The Morgan fingerprint density at radius 1 is 1.67 bits per heavy atom. The molecule has 1 atom stereocenters. The molecule has 12 heavy (non-hydrogen) atoms. The van der Waals surface area contributed by atoms with Gasteiger partial charge in [0.15, 0.2) is 0 Å². The third-order valence-electron chi connectivity index (χ3n) is 2.22. The third-order valence-corrected chi connectivity index (χ3v) is 2.80. The quantitative estimate of drug-likeness (QED) is 0.787. The fourth-order valence-corrected chi connectivity index (χ4v) is 1.99. The van der Waals surface area contributed by atoms with Crippen LogP contribution in [0, 0.1) is 3.70 Å². The van der Waals surface area contributed by atoms with Crippen LogP contribution in [0.5, 0.6) is 0 Å². The van der Waals surface area contributed by atoms with Crippen molar-refractivity contribution in [3.8, 4) is 0 Å². The van der Waals surface area contributed by atoms with Gasteiger partial charge in [-0.3, -0.25) is 4.68 Å². The number of halogens is 1. The normalized spacial score (nSPS) is 24.2. The summed E-state index contributed by atoms with van der Waals surface area (Å²) in [5.41, 5.74) is 0. The predicted molar refractivity (Wildman–Crippen MR) is 56.1 cm³/mol. The largest absolute Gasteiger partial charge is 0.315 e. The van der Waals surface area contributed by atoms with E-state index >= 15 is 0 Å². The van der Waals surface area contributed by atoms with Crippen LogP contribution < -0.4 is 5.32 Å². The summed E-state index contributed by atoms with van der Waals surface area (Å²) in [6, 6.07) is 2.62. The lowest BCUT2D eigenvalue weighted by molar-refractivity contribution is 0.346. The number of rotatable bonds is 1. The summed E-state index contributed by atoms with van der Waals surface area (Å²) in [5.74, 6) is 0. The van der Waals surface area contributed by atoms with Crippen LogP contribution in [-0.4, -0.2) is 22.9 Å². The molecule has 0 bridgehead atoms. The van der Waals surface area contributed by atoms with Crippen molar-refractivity contribution in [1.29, 1.82) is 0 Å². The number of aromatic nitrogens is 2. The van der Waals surface area contributed by atoms with Gasteiger partial charge in [-0.25, -0.2) is 0 Å². The fraction of sp³-hybridized carbons (Fsp3) is 0.625. The summed E-state index contributed by atoms with van der Waals surface area (Å²) in [6.45, 7) is 2.23. The van der Waals surface area contributed by atoms with E-state index in [-0.39, 0.29) is 0 Å². The Labute approximate surface area is 85.7 Å². The van der Waals surface area contributed by atoms with Gasteiger partial charge in [0.25, 0.3) is 0 Å². The van der Waals surface area contributed by atoms with E-state index in [1.165, 1.54) is 12.8 Å². The molecular formula is C8H12IN3. The minimum absolute atomic E-state index is 0.572. The molecule has 1 aliphatic rings. The first-order chi connectivity index (χ1) is 5.86. The maximum Gasteiger partial charge on any atom is 0.123 e. The van der Waals surface area contributed by atoms with Crippen molar-refractivity contribution < 1.29 is 0 Å². The summed E-state index contributed by atoms with van der Waals surface area (Å²) >= 11 is 2.24. The van der Waals surface area contributed by atoms with Gasteiger partial charge in [-0.15, -0.1) is 0 Å². The summed E-state index contributed by atoms with van der Waals surface area (Å²) in [6.07, 6.45) is 4.59. The van der Waals surface area contributed by atoms with E-state index in [0.29, 0.717) is 6.04 Å². The molecule has 2 heterocycles. The van der Waals surface area contributed by atoms with E-state index in [1.54, 1.807) is 0 Å². The molecule has 1 aromatic rings. The lowest BCUT2D eigenvalue weighted by Crippen LogP contribution is -2.31. The first-order valence-corrected chi connectivity index (χ1v) is 5.35. The zero-order valence-corrected chi connectivity index (χ0v) is 8.99. The molecule has 0 radical (unpaired) electrons. The van der Waals surface area contributed by atoms with Gasteiger partial charge in [-0.1, -0.05) is 0 Å². The van der Waals surface area contributed by atoms with Gasteiger partial charge in [0.2, 0.25) is 0 Å². The number of nitrogens with zero attached hydrogens (tertiary/aromatic N) is 2. The standard InChI is InChI=1S/C8H12IN3/c9-8-3-5-12(11-8)7-2-1-4-10-6-7/h3,5,7,10H,1-2,4,6H2. The van der Waals surface area contributed by atoms with Crippen molar-refractivity contribution >= 4 is 22.6 Å². The Bertz CT molecular complexity index is 253. The number of hydrogen-bond acceptors (Lipinski definition) is 2. The third kappa shape index (κ3) is 1.80. The van der Waals surface area contributed by atoms with Crippen molar-refractivity contribution in [3.63, 3.8) is 0 Å². The topological polar surface area (TPSA) is 29.9 Å². The highest BCUT2D eigenvalue weighted by Crippen LogP contribution is 2.15. The second-order valence-corrected chi connectivity index (χ2v) is 4.22. The molecule has 1 unspecified atom stereocenters. The van der Waals surface area contributed by atoms with Gasteiger partial charge in [0.1, 0.15) is 3.70 Å². The summed E-state index contributed by atoms with van der Waals surface area (Å²) in [7, 11) is 0. The Morgan fingerprint density at radius 3 is 3.17 bits per heavy atom. The van der Waals surface area contributed by atoms with Gasteiger partial charge >= 0.3 is 0 Å². The molecule has 1 fully saturated rings. The second kappa shape index (κ2) is 3.74. The molecule has 1 N–H and O–H groups in total. The van der Waals surface area contributed by atoms with Gasteiger partial charge in [-0.2, -0.15) is 5.10 Å². The number of piperidine rings is 1. The highest BCUT2D eigenvalue weighted by atomic mass is 127. The zero-order valence-electron chi connectivity index (χ0n) is 6.83. The Hall–Kier alpha value is -0.100. The Morgan fingerprint density at radius 2 is 2.58 bits per heavy atom. The number of hydrogen-bond donors (Lipinski definition) is 1. The second-order valence-electron chi connectivity index (χ2n) is 3.12. The highest BCUT2D eigenvalue weighted by Gasteiger charge is 2.14. The predicted octanol–water partition coefficient (Wildman–Crippen LogP) is 1.41. The molecule has 3 nitrogen and oxygen atoms in total. The van der Waals surface area contributed by atoms with Crippen molar-refractivity contribution in [3.05, 3.63) is 16.0 Å². The molecule has 1 saturated heterocycles. The molecule has 4 heteroatoms. The first-order valence-electron chi connectivity index (χ1n) is 4.27. The van der Waals surface area contributed by atoms with Crippen LogP contribution in [0.4, 0.5) is 0 Å². The van der Waals surface area contributed by atoms with E-state index in [0.717, 1.165) is 16.8 Å². The van der Waals surface area contributed by atoms with Crippen LogP contribution >= 0.6 is 22.6 Å². The summed E-state index contributed by atoms with van der Waals surface area (Å²) in [5, 5.41) is 7.78. The fourth-order valence-electron chi connectivity index (χ4n) is 1.58. The minimum Gasteiger partial charge on any atom is -0.315 e. The van der Waals surface area contributed by atoms with E-state index in [4.69, 9.17) is 0 Å². The molecule has 0 aliphatic carbocycles. The van der Waals surface area contributed by atoms with E-state index in [2.05, 4.69) is 50.0 Å². The lowest BCUT2D eigenvalue weighted by atomic mass is 10.1. The molecule has 1 aromatic heterocycles. The molecule has 0 amide bonds. The SMILES string of the molecule is Ic1ccn(C2CCCNC2)n1. The monoisotopic (exact) mass is 277 g/mol. The summed E-state index contributed by atoms with van der Waals surface area (Å²) in [4.78, 5) is 0. The van der Waals surface area contributed by atoms with Crippen LogP contribution in [0.25, 0.3) is 0 Å². The Kier molecular flexibility index (Phi) is 2.65. The summed E-state index contributed by atoms with van der Waals surface area (Å²) < 4.78 is 3.16. The van der Waals surface area contributed by atoms with Gasteiger partial charge < -0.3 is 5.32 Å². The molecule has 0 spiro atoms. The first kappa shape index (κ1) is 8.50. The lowest BCUT2D eigenvalue weighted by Gasteiger charge is -2.22. The highest BCUT2D eigenvalue weighted by molar-refractivity contribution is 14.1. The van der Waals surface area contributed by atoms with Crippen molar-refractivity contribution in [1.82, 2.24) is 15.1 Å². The maximum absolute atomic E-state index is 4.40. The van der Waals surface area contributed by atoms with Crippen LogP contribution in [-0.2, 0) is 0 Å². The zero-order chi connectivity index (χ0) is 8.39. The van der Waals surface area contributed by atoms with E-state index < -0.39 is 0 Å². The van der Waals surface area contributed by atoms with Crippen molar-refractivity contribution in [2.75, 3.05) is 13.1 Å². The van der Waals surface area contributed by atoms with Crippen molar-refractivity contribution in [2.24, 2.45) is 0 Å². The molecule has 66 valence electrons. The minimum atomic E-state index is 0.572. The molecule has 1 aliphatic heterocycles. The van der Waals surface area contributed by atoms with Crippen LogP contribution in [0.15, 0.2) is 12.3 Å². The van der Waals surface area contributed by atoms with E-state index in [9.17, 15) is 0 Å². The van der Waals surface area contributed by atoms with Crippen LogP contribution in [0.1, 0.15) is 18.9 Å². The maximum atomic E-state index is 4.40. The molecule has 0 aromatic carbocycles. The van der Waals surface area contributed by atoms with Crippen LogP contribution in [0.2, 0.25) is 0 Å². The Balaban J connectivity index is 2.08. The van der Waals surface area contributed by atoms with Crippen LogP contribution in [0.3, 0.4) is 0 Å². The molecule has 0 saturated carbocycles. The van der Waals surface area contributed by atoms with Gasteiger partial charge in [0.05, 0.1) is 6.04 Å². The number of nitrogens with one attached hydrogen (secondary N) is 1.